The Kier molecular flexibility index (Phi) is 4.55. The normalized spacial score (nSPS) is 27.4. The average molecular weight is 293 g/mol. The van der Waals surface area contributed by atoms with Crippen molar-refractivity contribution in [2.75, 3.05) is 18.1 Å². The van der Waals surface area contributed by atoms with Crippen molar-refractivity contribution in [2.24, 2.45) is 0 Å². The van der Waals surface area contributed by atoms with Gasteiger partial charge in [-0.25, -0.2) is 8.42 Å². The van der Waals surface area contributed by atoms with E-state index in [-0.39, 0.29) is 17.7 Å². The molecule has 5 nitrogen and oxygen atoms in total. The molecule has 1 atom stereocenters. The number of carboxylic acids is 1. The molecule has 0 bridgehead atoms. The zero-order valence-corrected chi connectivity index (χ0v) is 11.9. The second kappa shape index (κ2) is 5.79. The summed E-state index contributed by atoms with van der Waals surface area (Å²) in [5.74, 6) is 0.439. The zero-order valence-electron chi connectivity index (χ0n) is 10.2. The lowest BCUT2D eigenvalue weighted by Crippen LogP contribution is -2.49. The number of aliphatic carboxylic acids is 1. The molecule has 2 aliphatic rings. The summed E-state index contributed by atoms with van der Waals surface area (Å²) < 4.78 is 26.5. The maximum absolute atomic E-state index is 12.5. The van der Waals surface area contributed by atoms with E-state index in [1.165, 1.54) is 4.31 Å². The van der Waals surface area contributed by atoms with E-state index in [0.717, 1.165) is 31.4 Å². The fourth-order valence-electron chi connectivity index (χ4n) is 2.71. The van der Waals surface area contributed by atoms with Crippen LogP contribution in [0.5, 0.6) is 0 Å². The Morgan fingerprint density at radius 2 is 2.00 bits per heavy atom. The maximum atomic E-state index is 12.5. The molecule has 0 aromatic rings. The minimum Gasteiger partial charge on any atom is -0.481 e. The van der Waals surface area contributed by atoms with Gasteiger partial charge in [-0.15, -0.1) is 0 Å². The van der Waals surface area contributed by atoms with Gasteiger partial charge < -0.3 is 5.11 Å². The Morgan fingerprint density at radius 3 is 2.61 bits per heavy atom. The Morgan fingerprint density at radius 1 is 1.33 bits per heavy atom. The van der Waals surface area contributed by atoms with Gasteiger partial charge in [0.1, 0.15) is 0 Å². The highest BCUT2D eigenvalue weighted by Gasteiger charge is 2.39. The van der Waals surface area contributed by atoms with Gasteiger partial charge in [0, 0.05) is 24.1 Å². The molecular weight excluding hydrogens is 274 g/mol. The molecule has 1 heterocycles. The monoisotopic (exact) mass is 293 g/mol. The van der Waals surface area contributed by atoms with E-state index < -0.39 is 16.0 Å². The fourth-order valence-corrected chi connectivity index (χ4v) is 6.21. The second-order valence-corrected chi connectivity index (χ2v) is 8.20. The lowest BCUT2D eigenvalue weighted by Gasteiger charge is -2.35. The van der Waals surface area contributed by atoms with Gasteiger partial charge >= 0.3 is 5.97 Å². The quantitative estimate of drug-likeness (QED) is 0.841. The third-order valence-corrected chi connectivity index (χ3v) is 7.17. The van der Waals surface area contributed by atoms with Gasteiger partial charge in [-0.3, -0.25) is 4.79 Å². The lowest BCUT2D eigenvalue weighted by molar-refractivity contribution is -0.137. The van der Waals surface area contributed by atoms with Crippen molar-refractivity contribution in [3.8, 4) is 0 Å². The molecule has 0 amide bonds. The summed E-state index contributed by atoms with van der Waals surface area (Å²) in [6.45, 7) is 0.460. The molecule has 18 heavy (non-hydrogen) atoms. The molecule has 0 radical (unpaired) electrons. The summed E-state index contributed by atoms with van der Waals surface area (Å²) in [5, 5.41) is 8.60. The number of sulfonamides is 1. The highest BCUT2D eigenvalue weighted by molar-refractivity contribution is 7.99. The Hall–Kier alpha value is -0.270. The minimum atomic E-state index is -3.30. The van der Waals surface area contributed by atoms with Crippen LogP contribution in [0.2, 0.25) is 0 Å². The van der Waals surface area contributed by atoms with Crippen molar-refractivity contribution < 1.29 is 18.3 Å². The summed E-state index contributed by atoms with van der Waals surface area (Å²) in [6, 6.07) is -0.369. The largest absolute Gasteiger partial charge is 0.481 e. The predicted octanol–water partition coefficient (Wildman–Crippen LogP) is 1.15. The molecule has 1 saturated heterocycles. The van der Waals surface area contributed by atoms with E-state index >= 15 is 0 Å². The third kappa shape index (κ3) is 3.00. The van der Waals surface area contributed by atoms with Crippen molar-refractivity contribution >= 4 is 27.8 Å². The number of thioether (sulfide) groups is 1. The molecule has 0 aromatic carbocycles. The van der Waals surface area contributed by atoms with Crippen LogP contribution >= 0.6 is 11.8 Å². The van der Waals surface area contributed by atoms with Crippen LogP contribution < -0.4 is 0 Å². The predicted molar refractivity (Wildman–Crippen MR) is 71.2 cm³/mol. The molecular formula is C11H19NO4S2. The minimum absolute atomic E-state index is 0.0844. The molecule has 7 heteroatoms. The van der Waals surface area contributed by atoms with Crippen molar-refractivity contribution in [1.82, 2.24) is 4.31 Å². The number of hydrogen-bond donors (Lipinski definition) is 1. The first-order chi connectivity index (χ1) is 8.51. The van der Waals surface area contributed by atoms with Gasteiger partial charge in [-0.2, -0.15) is 16.1 Å². The summed E-state index contributed by atoms with van der Waals surface area (Å²) in [5.41, 5.74) is 0. The number of rotatable bonds is 4. The van der Waals surface area contributed by atoms with Crippen LogP contribution in [0.4, 0.5) is 0 Å². The first-order valence-corrected chi connectivity index (χ1v) is 8.98. The van der Waals surface area contributed by atoms with Crippen LogP contribution in [0, 0.1) is 0 Å². The molecule has 1 N–H and O–H groups in total. The van der Waals surface area contributed by atoms with Crippen molar-refractivity contribution in [3.05, 3.63) is 0 Å². The van der Waals surface area contributed by atoms with Crippen LogP contribution in [0.25, 0.3) is 0 Å². The van der Waals surface area contributed by atoms with Gasteiger partial charge in [0.05, 0.1) is 11.7 Å². The number of hydrogen-bond acceptors (Lipinski definition) is 4. The summed E-state index contributed by atoms with van der Waals surface area (Å²) in [6.07, 6.45) is 3.31. The Balaban J connectivity index is 2.14. The molecule has 1 aliphatic heterocycles. The summed E-state index contributed by atoms with van der Waals surface area (Å²) in [7, 11) is -3.30. The molecule has 1 unspecified atom stereocenters. The SMILES string of the molecule is O=C(O)CC1CSCCN1S(=O)(=O)C1CCCC1. The van der Waals surface area contributed by atoms with E-state index in [4.69, 9.17) is 5.11 Å². The molecule has 0 aromatic heterocycles. The van der Waals surface area contributed by atoms with Gasteiger partial charge in [0.25, 0.3) is 0 Å². The molecule has 104 valence electrons. The first kappa shape index (κ1) is 14.1. The fraction of sp³-hybridized carbons (Fsp3) is 0.909. The smallest absolute Gasteiger partial charge is 0.305 e. The standard InChI is InChI=1S/C11H19NO4S2/c13-11(14)7-9-8-17-6-5-12(9)18(15,16)10-3-1-2-4-10/h9-10H,1-8H2,(H,13,14). The van der Waals surface area contributed by atoms with E-state index in [1.54, 1.807) is 11.8 Å². The van der Waals surface area contributed by atoms with E-state index in [0.29, 0.717) is 12.3 Å². The maximum Gasteiger partial charge on any atom is 0.305 e. The zero-order chi connectivity index (χ0) is 13.2. The van der Waals surface area contributed by atoms with Crippen LogP contribution in [0.1, 0.15) is 32.1 Å². The highest BCUT2D eigenvalue weighted by Crippen LogP contribution is 2.31. The molecule has 0 spiro atoms. The third-order valence-electron chi connectivity index (χ3n) is 3.63. The van der Waals surface area contributed by atoms with Crippen LogP contribution in [-0.4, -0.2) is 53.1 Å². The Bertz CT molecular complexity index is 403. The summed E-state index contributed by atoms with van der Waals surface area (Å²) >= 11 is 1.64. The van der Waals surface area contributed by atoms with Crippen LogP contribution in [-0.2, 0) is 14.8 Å². The highest BCUT2D eigenvalue weighted by atomic mass is 32.2. The summed E-state index contributed by atoms with van der Waals surface area (Å²) in [4.78, 5) is 10.8. The van der Waals surface area contributed by atoms with Crippen LogP contribution in [0.15, 0.2) is 0 Å². The van der Waals surface area contributed by atoms with Crippen molar-refractivity contribution in [3.63, 3.8) is 0 Å². The van der Waals surface area contributed by atoms with Gasteiger partial charge in [0.15, 0.2) is 0 Å². The van der Waals surface area contributed by atoms with E-state index in [1.807, 2.05) is 0 Å². The average Bonchev–Trinajstić information content (AvgIpc) is 2.82. The van der Waals surface area contributed by atoms with E-state index in [9.17, 15) is 13.2 Å². The van der Waals surface area contributed by atoms with Crippen molar-refractivity contribution in [1.29, 1.82) is 0 Å². The molecule has 1 aliphatic carbocycles. The van der Waals surface area contributed by atoms with Gasteiger partial charge in [0.2, 0.25) is 10.0 Å². The first-order valence-electron chi connectivity index (χ1n) is 6.32. The van der Waals surface area contributed by atoms with Gasteiger partial charge in [-0.05, 0) is 12.8 Å². The Labute approximate surface area is 112 Å². The lowest BCUT2D eigenvalue weighted by atomic mass is 10.2. The second-order valence-electron chi connectivity index (χ2n) is 4.89. The molecule has 2 fully saturated rings. The van der Waals surface area contributed by atoms with E-state index in [2.05, 4.69) is 0 Å². The van der Waals surface area contributed by atoms with Crippen LogP contribution in [0.3, 0.4) is 0 Å². The van der Waals surface area contributed by atoms with Gasteiger partial charge in [-0.1, -0.05) is 12.8 Å². The van der Waals surface area contributed by atoms with Crippen molar-refractivity contribution in [2.45, 2.75) is 43.4 Å². The number of carboxylic acid groups (broad SMARTS) is 1. The molecule has 2 rings (SSSR count). The molecule has 1 saturated carbocycles. The topological polar surface area (TPSA) is 74.7 Å². The number of carbonyl (C=O) groups is 1. The number of nitrogens with zero attached hydrogens (tertiary/aromatic N) is 1.